The van der Waals surface area contributed by atoms with Crippen LogP contribution >= 0.6 is 0 Å². The van der Waals surface area contributed by atoms with E-state index in [0.717, 1.165) is 30.3 Å². The van der Waals surface area contributed by atoms with Crippen LogP contribution in [0.2, 0.25) is 0 Å². The van der Waals surface area contributed by atoms with Crippen molar-refractivity contribution in [2.45, 2.75) is 10.9 Å². The van der Waals surface area contributed by atoms with Crippen molar-refractivity contribution in [3.05, 3.63) is 65.2 Å². The topological polar surface area (TPSA) is 72.2 Å². The monoisotopic (exact) mass is 348 g/mol. The first-order chi connectivity index (χ1) is 10.7. The first kappa shape index (κ1) is 17.4. The van der Waals surface area contributed by atoms with Crippen LogP contribution in [0, 0.1) is 23.3 Å². The van der Waals surface area contributed by atoms with Crippen molar-refractivity contribution in [2.24, 2.45) is 5.73 Å². The Bertz CT molecular complexity index is 828. The lowest BCUT2D eigenvalue weighted by Gasteiger charge is -2.14. The molecule has 0 fully saturated rings. The molecule has 2 aromatic carbocycles. The van der Waals surface area contributed by atoms with Crippen LogP contribution in [0.25, 0.3) is 0 Å². The van der Waals surface area contributed by atoms with Gasteiger partial charge in [-0.1, -0.05) is 12.1 Å². The normalized spacial score (nSPS) is 13.1. The van der Waals surface area contributed by atoms with Crippen LogP contribution in [0.5, 0.6) is 0 Å². The number of nitrogens with two attached hydrogens (primary N) is 1. The molecule has 124 valence electrons. The lowest BCUT2D eigenvalue weighted by atomic mass is 10.1. The fraction of sp³-hybridized carbons (Fsp3) is 0.143. The molecule has 23 heavy (non-hydrogen) atoms. The van der Waals surface area contributed by atoms with Crippen LogP contribution in [0.1, 0.15) is 11.6 Å². The fourth-order valence-electron chi connectivity index (χ4n) is 1.88. The molecule has 0 spiro atoms. The zero-order valence-corrected chi connectivity index (χ0v) is 12.4. The SMILES string of the molecule is N[C@@H](CNS(=O)(=O)c1cccc(F)c1F)c1ccc(F)cc1F. The summed E-state index contributed by atoms with van der Waals surface area (Å²) < 4.78 is 78.9. The standard InChI is InChI=1S/C14H12F4N2O2S/c15-8-4-5-9(11(17)6-8)12(19)7-20-23(21,22)13-3-1-2-10(16)14(13)18/h1-6,12,20H,7,19H2/t12-/m0/s1. The van der Waals surface area contributed by atoms with Gasteiger partial charge >= 0.3 is 0 Å². The van der Waals surface area contributed by atoms with Crippen LogP contribution < -0.4 is 10.5 Å². The molecule has 0 bridgehead atoms. The van der Waals surface area contributed by atoms with Crippen LogP contribution in [-0.2, 0) is 10.0 Å². The van der Waals surface area contributed by atoms with Crippen molar-refractivity contribution in [1.82, 2.24) is 4.72 Å². The van der Waals surface area contributed by atoms with Crippen molar-refractivity contribution in [3.63, 3.8) is 0 Å². The van der Waals surface area contributed by atoms with Gasteiger partial charge in [0.15, 0.2) is 11.6 Å². The summed E-state index contributed by atoms with van der Waals surface area (Å²) in [7, 11) is -4.38. The van der Waals surface area contributed by atoms with Crippen LogP contribution in [0.3, 0.4) is 0 Å². The fourth-order valence-corrected chi connectivity index (χ4v) is 3.03. The van der Waals surface area contributed by atoms with Crippen molar-refractivity contribution in [3.8, 4) is 0 Å². The number of hydrogen-bond donors (Lipinski definition) is 2. The van der Waals surface area contributed by atoms with E-state index in [2.05, 4.69) is 0 Å². The second kappa shape index (κ2) is 6.65. The van der Waals surface area contributed by atoms with Gasteiger partial charge in [0.1, 0.15) is 16.5 Å². The largest absolute Gasteiger partial charge is 0.323 e. The molecule has 0 saturated carbocycles. The van der Waals surface area contributed by atoms with Gasteiger partial charge in [-0.05, 0) is 18.2 Å². The summed E-state index contributed by atoms with van der Waals surface area (Å²) in [4.78, 5) is -0.885. The Hall–Kier alpha value is -1.97. The molecule has 1 atom stereocenters. The molecule has 0 aliphatic heterocycles. The molecule has 0 amide bonds. The summed E-state index contributed by atoms with van der Waals surface area (Å²) in [6, 6.07) is 4.20. The molecule has 0 radical (unpaired) electrons. The van der Waals surface area contributed by atoms with E-state index >= 15 is 0 Å². The Morgan fingerprint density at radius 3 is 2.39 bits per heavy atom. The predicted molar refractivity (Wildman–Crippen MR) is 74.8 cm³/mol. The van der Waals surface area contributed by atoms with Crippen LogP contribution in [0.4, 0.5) is 17.6 Å². The molecule has 0 heterocycles. The lowest BCUT2D eigenvalue weighted by Crippen LogP contribution is -2.33. The summed E-state index contributed by atoms with van der Waals surface area (Å²) in [6.07, 6.45) is 0. The van der Waals surface area contributed by atoms with Crippen molar-refractivity contribution in [2.75, 3.05) is 6.54 Å². The van der Waals surface area contributed by atoms with Gasteiger partial charge in [0, 0.05) is 24.2 Å². The second-order valence-corrected chi connectivity index (χ2v) is 6.41. The number of rotatable bonds is 5. The van der Waals surface area contributed by atoms with Crippen molar-refractivity contribution >= 4 is 10.0 Å². The lowest BCUT2D eigenvalue weighted by molar-refractivity contribution is 0.482. The van der Waals surface area contributed by atoms with E-state index in [1.165, 1.54) is 0 Å². The average Bonchev–Trinajstić information content (AvgIpc) is 2.47. The minimum Gasteiger partial charge on any atom is -0.323 e. The summed E-state index contributed by atoms with van der Waals surface area (Å²) in [5, 5.41) is 0. The Balaban J connectivity index is 2.17. The number of benzene rings is 2. The minimum atomic E-state index is -4.38. The maximum Gasteiger partial charge on any atom is 0.243 e. The highest BCUT2D eigenvalue weighted by Gasteiger charge is 2.23. The molecule has 0 unspecified atom stereocenters. The number of hydrogen-bond acceptors (Lipinski definition) is 3. The molecule has 0 aliphatic rings. The molecule has 0 saturated heterocycles. The van der Waals surface area contributed by atoms with Crippen molar-refractivity contribution < 1.29 is 26.0 Å². The number of sulfonamides is 1. The van der Waals surface area contributed by atoms with Crippen LogP contribution in [0.15, 0.2) is 41.3 Å². The highest BCUT2D eigenvalue weighted by Crippen LogP contribution is 2.19. The third-order valence-corrected chi connectivity index (χ3v) is 4.50. The maximum atomic E-state index is 13.6. The van der Waals surface area contributed by atoms with Gasteiger partial charge in [0.05, 0.1) is 0 Å². The number of halogens is 4. The van der Waals surface area contributed by atoms with Gasteiger partial charge in [-0.25, -0.2) is 30.7 Å². The highest BCUT2D eigenvalue weighted by atomic mass is 32.2. The Kier molecular flexibility index (Phi) is 5.03. The average molecular weight is 348 g/mol. The van der Waals surface area contributed by atoms with Gasteiger partial charge < -0.3 is 5.73 Å². The summed E-state index contributed by atoms with van der Waals surface area (Å²) in [5.41, 5.74) is 5.53. The zero-order chi connectivity index (χ0) is 17.2. The summed E-state index contributed by atoms with van der Waals surface area (Å²) >= 11 is 0. The molecule has 9 heteroatoms. The van der Waals surface area contributed by atoms with E-state index in [4.69, 9.17) is 5.73 Å². The highest BCUT2D eigenvalue weighted by molar-refractivity contribution is 7.89. The first-order valence-electron chi connectivity index (χ1n) is 6.36. The molecule has 2 rings (SSSR count). The summed E-state index contributed by atoms with van der Waals surface area (Å²) in [6.45, 7) is -0.485. The van der Waals surface area contributed by atoms with E-state index in [0.29, 0.717) is 6.07 Å². The maximum absolute atomic E-state index is 13.6. The van der Waals surface area contributed by atoms with E-state index in [1.807, 2.05) is 4.72 Å². The van der Waals surface area contributed by atoms with Crippen LogP contribution in [-0.4, -0.2) is 15.0 Å². The Labute approximate surface area is 130 Å². The van der Waals surface area contributed by atoms with Gasteiger partial charge in [0.25, 0.3) is 0 Å². The molecule has 2 aromatic rings. The molecule has 3 N–H and O–H groups in total. The minimum absolute atomic E-state index is 0.117. The number of nitrogens with one attached hydrogen (secondary N) is 1. The molecular weight excluding hydrogens is 336 g/mol. The van der Waals surface area contributed by atoms with Gasteiger partial charge in [-0.2, -0.15) is 0 Å². The molecule has 0 aliphatic carbocycles. The first-order valence-corrected chi connectivity index (χ1v) is 7.85. The van der Waals surface area contributed by atoms with E-state index in [-0.39, 0.29) is 5.56 Å². The van der Waals surface area contributed by atoms with E-state index in [1.54, 1.807) is 0 Å². The quantitative estimate of drug-likeness (QED) is 0.814. The van der Waals surface area contributed by atoms with Gasteiger partial charge in [-0.15, -0.1) is 0 Å². The molecule has 4 nitrogen and oxygen atoms in total. The Morgan fingerprint density at radius 1 is 1.04 bits per heavy atom. The third-order valence-electron chi connectivity index (χ3n) is 3.06. The molecule has 0 aromatic heterocycles. The van der Waals surface area contributed by atoms with E-state index in [9.17, 15) is 26.0 Å². The summed E-state index contributed by atoms with van der Waals surface area (Å²) in [5.74, 6) is -4.59. The Morgan fingerprint density at radius 2 is 1.74 bits per heavy atom. The van der Waals surface area contributed by atoms with Gasteiger partial charge in [0.2, 0.25) is 10.0 Å². The zero-order valence-electron chi connectivity index (χ0n) is 11.6. The molecular formula is C14H12F4N2O2S. The predicted octanol–water partition coefficient (Wildman–Crippen LogP) is 2.22. The van der Waals surface area contributed by atoms with E-state index < -0.39 is 50.8 Å². The van der Waals surface area contributed by atoms with Gasteiger partial charge in [-0.3, -0.25) is 0 Å². The smallest absolute Gasteiger partial charge is 0.243 e. The third kappa shape index (κ3) is 3.87. The van der Waals surface area contributed by atoms with Crippen molar-refractivity contribution in [1.29, 1.82) is 0 Å². The second-order valence-electron chi connectivity index (χ2n) is 4.68.